The molecule has 0 aliphatic rings. The molecular weight excluding hydrogens is 256 g/mol. The zero-order valence-electron chi connectivity index (χ0n) is 10.5. The molecule has 0 radical (unpaired) electrons. The van der Waals surface area contributed by atoms with Crippen LogP contribution in [0.4, 0.5) is 0 Å². The standard InChI is InChI=1S/C10H18N4O3S/c1-3-4-12-8(15)6-14(2)10(17)9(16)13-5-7(11)18/h3-6H2,1-2H3,(H2,11,18)(H,12,15)(H,13,16). The molecule has 18 heavy (non-hydrogen) atoms. The van der Waals surface area contributed by atoms with E-state index in [-0.39, 0.29) is 24.0 Å². The fourth-order valence-corrected chi connectivity index (χ4v) is 1.10. The maximum absolute atomic E-state index is 11.5. The summed E-state index contributed by atoms with van der Waals surface area (Å²) >= 11 is 4.56. The minimum Gasteiger partial charge on any atom is -0.392 e. The Morgan fingerprint density at radius 3 is 2.39 bits per heavy atom. The van der Waals surface area contributed by atoms with Gasteiger partial charge in [0.1, 0.15) is 0 Å². The van der Waals surface area contributed by atoms with E-state index < -0.39 is 11.8 Å². The Morgan fingerprint density at radius 1 is 1.28 bits per heavy atom. The van der Waals surface area contributed by atoms with E-state index >= 15 is 0 Å². The van der Waals surface area contributed by atoms with E-state index in [0.717, 1.165) is 11.3 Å². The van der Waals surface area contributed by atoms with Gasteiger partial charge in [0.25, 0.3) is 0 Å². The molecule has 0 unspecified atom stereocenters. The highest BCUT2D eigenvalue weighted by atomic mass is 32.1. The largest absolute Gasteiger partial charge is 0.392 e. The van der Waals surface area contributed by atoms with Gasteiger partial charge in [0.2, 0.25) is 5.91 Å². The van der Waals surface area contributed by atoms with Gasteiger partial charge in [-0.15, -0.1) is 0 Å². The van der Waals surface area contributed by atoms with Gasteiger partial charge < -0.3 is 21.3 Å². The van der Waals surface area contributed by atoms with Crippen LogP contribution in [0.2, 0.25) is 0 Å². The van der Waals surface area contributed by atoms with Gasteiger partial charge >= 0.3 is 11.8 Å². The van der Waals surface area contributed by atoms with Gasteiger partial charge in [-0.2, -0.15) is 0 Å². The van der Waals surface area contributed by atoms with E-state index in [1.54, 1.807) is 0 Å². The van der Waals surface area contributed by atoms with E-state index in [1.807, 2.05) is 6.92 Å². The number of thiocarbonyl (C=S) groups is 1. The number of amides is 3. The number of rotatable bonds is 6. The summed E-state index contributed by atoms with van der Waals surface area (Å²) in [7, 11) is 1.37. The first kappa shape index (κ1) is 16.3. The van der Waals surface area contributed by atoms with Crippen LogP contribution in [0.1, 0.15) is 13.3 Å². The molecule has 4 N–H and O–H groups in total. The number of nitrogens with zero attached hydrogens (tertiary/aromatic N) is 1. The van der Waals surface area contributed by atoms with Crippen molar-refractivity contribution in [1.29, 1.82) is 0 Å². The quantitative estimate of drug-likeness (QED) is 0.398. The molecule has 0 aliphatic carbocycles. The first-order valence-electron chi connectivity index (χ1n) is 5.46. The average molecular weight is 274 g/mol. The molecule has 102 valence electrons. The van der Waals surface area contributed by atoms with Crippen LogP contribution in [0.15, 0.2) is 0 Å². The number of carbonyl (C=O) groups excluding carboxylic acids is 3. The molecule has 0 aliphatic heterocycles. The highest BCUT2D eigenvalue weighted by molar-refractivity contribution is 7.80. The van der Waals surface area contributed by atoms with Crippen LogP contribution in [-0.2, 0) is 14.4 Å². The third-order valence-corrected chi connectivity index (χ3v) is 2.06. The van der Waals surface area contributed by atoms with Crippen molar-refractivity contribution in [3.8, 4) is 0 Å². The molecule has 0 aromatic carbocycles. The Bertz CT molecular complexity index is 346. The van der Waals surface area contributed by atoms with Gasteiger partial charge in [-0.25, -0.2) is 0 Å². The Labute approximate surface area is 111 Å². The number of hydrogen-bond acceptors (Lipinski definition) is 4. The number of likely N-dealkylation sites (N-methyl/N-ethyl adjacent to an activating group) is 1. The summed E-state index contributed by atoms with van der Waals surface area (Å²) in [4.78, 5) is 35.3. The third kappa shape index (κ3) is 6.79. The number of nitrogens with two attached hydrogens (primary N) is 1. The van der Waals surface area contributed by atoms with Crippen molar-refractivity contribution in [2.24, 2.45) is 5.73 Å². The van der Waals surface area contributed by atoms with Gasteiger partial charge in [-0.1, -0.05) is 19.1 Å². The molecule has 0 saturated carbocycles. The van der Waals surface area contributed by atoms with E-state index in [2.05, 4.69) is 22.9 Å². The highest BCUT2D eigenvalue weighted by Gasteiger charge is 2.20. The number of hydrogen-bond donors (Lipinski definition) is 3. The van der Waals surface area contributed by atoms with Crippen LogP contribution < -0.4 is 16.4 Å². The van der Waals surface area contributed by atoms with Crippen molar-refractivity contribution in [1.82, 2.24) is 15.5 Å². The summed E-state index contributed by atoms with van der Waals surface area (Å²) in [5, 5.41) is 4.85. The van der Waals surface area contributed by atoms with Crippen LogP contribution in [-0.4, -0.2) is 54.3 Å². The monoisotopic (exact) mass is 274 g/mol. The Morgan fingerprint density at radius 2 is 1.89 bits per heavy atom. The molecule has 0 saturated heterocycles. The van der Waals surface area contributed by atoms with E-state index in [0.29, 0.717) is 6.54 Å². The van der Waals surface area contributed by atoms with E-state index in [9.17, 15) is 14.4 Å². The predicted octanol–water partition coefficient (Wildman–Crippen LogP) is -1.63. The van der Waals surface area contributed by atoms with Crippen LogP contribution in [0.5, 0.6) is 0 Å². The van der Waals surface area contributed by atoms with Crippen molar-refractivity contribution in [2.45, 2.75) is 13.3 Å². The Balaban J connectivity index is 4.12. The fraction of sp³-hybridized carbons (Fsp3) is 0.600. The topological polar surface area (TPSA) is 105 Å². The molecule has 0 spiro atoms. The summed E-state index contributed by atoms with van der Waals surface area (Å²) in [6.45, 7) is 2.24. The molecule has 0 bridgehead atoms. The molecule has 0 heterocycles. The molecule has 0 aromatic rings. The summed E-state index contributed by atoms with van der Waals surface area (Å²) in [5.74, 6) is -1.96. The molecule has 0 aromatic heterocycles. The van der Waals surface area contributed by atoms with Crippen molar-refractivity contribution >= 4 is 34.9 Å². The lowest BCUT2D eigenvalue weighted by atomic mass is 10.4. The first-order valence-corrected chi connectivity index (χ1v) is 5.87. The third-order valence-electron chi connectivity index (χ3n) is 1.92. The zero-order chi connectivity index (χ0) is 14.1. The summed E-state index contributed by atoms with van der Waals surface area (Å²) in [5.41, 5.74) is 5.18. The predicted molar refractivity (Wildman–Crippen MR) is 70.7 cm³/mol. The Kier molecular flexibility index (Phi) is 7.61. The molecule has 7 nitrogen and oxygen atoms in total. The van der Waals surface area contributed by atoms with Crippen molar-refractivity contribution in [2.75, 3.05) is 26.7 Å². The van der Waals surface area contributed by atoms with Gasteiger partial charge in [-0.3, -0.25) is 14.4 Å². The van der Waals surface area contributed by atoms with Crippen molar-refractivity contribution in [3.63, 3.8) is 0 Å². The summed E-state index contributed by atoms with van der Waals surface area (Å²) in [6.07, 6.45) is 0.803. The van der Waals surface area contributed by atoms with Crippen LogP contribution in [0, 0.1) is 0 Å². The first-order chi connectivity index (χ1) is 8.38. The molecule has 0 fully saturated rings. The molecular formula is C10H18N4O3S. The number of carbonyl (C=O) groups is 3. The lowest BCUT2D eigenvalue weighted by Crippen LogP contribution is -2.46. The van der Waals surface area contributed by atoms with Gasteiger partial charge in [0.05, 0.1) is 18.1 Å². The molecule has 0 rings (SSSR count). The molecule has 8 heteroatoms. The van der Waals surface area contributed by atoms with E-state index in [1.165, 1.54) is 7.05 Å². The average Bonchev–Trinajstić information content (AvgIpc) is 2.32. The van der Waals surface area contributed by atoms with Gasteiger partial charge in [-0.05, 0) is 6.42 Å². The van der Waals surface area contributed by atoms with Crippen molar-refractivity contribution < 1.29 is 14.4 Å². The lowest BCUT2D eigenvalue weighted by molar-refractivity contribution is -0.146. The summed E-state index contributed by atoms with van der Waals surface area (Å²) in [6, 6.07) is 0. The molecule has 3 amide bonds. The normalized spacial score (nSPS) is 9.44. The SMILES string of the molecule is CCCNC(=O)CN(C)C(=O)C(=O)NCC(N)=S. The van der Waals surface area contributed by atoms with E-state index in [4.69, 9.17) is 5.73 Å². The Hall–Kier alpha value is -1.70. The molecule has 0 atom stereocenters. The fourth-order valence-electron chi connectivity index (χ4n) is 1.02. The minimum absolute atomic E-state index is 0.0459. The van der Waals surface area contributed by atoms with Crippen molar-refractivity contribution in [3.05, 3.63) is 0 Å². The summed E-state index contributed by atoms with van der Waals surface area (Å²) < 4.78 is 0. The second-order valence-electron chi connectivity index (χ2n) is 3.66. The van der Waals surface area contributed by atoms with Gasteiger partial charge in [0.15, 0.2) is 0 Å². The second-order valence-corrected chi connectivity index (χ2v) is 4.18. The second kappa shape index (κ2) is 8.40. The minimum atomic E-state index is -0.839. The lowest BCUT2D eigenvalue weighted by Gasteiger charge is -2.16. The van der Waals surface area contributed by atoms with Crippen LogP contribution in [0.3, 0.4) is 0 Å². The van der Waals surface area contributed by atoms with Gasteiger partial charge in [0, 0.05) is 13.6 Å². The van der Waals surface area contributed by atoms with Crippen LogP contribution in [0.25, 0.3) is 0 Å². The highest BCUT2D eigenvalue weighted by Crippen LogP contribution is 1.86. The van der Waals surface area contributed by atoms with Crippen LogP contribution >= 0.6 is 12.2 Å². The smallest absolute Gasteiger partial charge is 0.312 e. The number of nitrogens with one attached hydrogen (secondary N) is 2. The maximum atomic E-state index is 11.5. The zero-order valence-corrected chi connectivity index (χ0v) is 11.3. The maximum Gasteiger partial charge on any atom is 0.312 e.